The first-order valence-corrected chi connectivity index (χ1v) is 3.02. The SMILES string of the molecule is COS(=O)(=O)OC(=O)[O-].[Na+]. The molecule has 6 nitrogen and oxygen atoms in total. The molecule has 0 aromatic heterocycles. The van der Waals surface area contributed by atoms with Crippen LogP contribution in [0.3, 0.4) is 0 Å². The van der Waals surface area contributed by atoms with E-state index in [9.17, 15) is 18.3 Å². The van der Waals surface area contributed by atoms with Gasteiger partial charge in [-0.1, -0.05) is 0 Å². The van der Waals surface area contributed by atoms with E-state index in [-0.39, 0.29) is 29.6 Å². The van der Waals surface area contributed by atoms with E-state index in [1.807, 2.05) is 0 Å². The maximum atomic E-state index is 9.94. The van der Waals surface area contributed by atoms with Gasteiger partial charge in [-0.2, -0.15) is 8.42 Å². The third-order valence-electron chi connectivity index (χ3n) is 0.374. The molecule has 0 atom stereocenters. The molecule has 8 heteroatoms. The first-order valence-electron chi connectivity index (χ1n) is 1.69. The summed E-state index contributed by atoms with van der Waals surface area (Å²) >= 11 is 0. The molecule has 54 valence electrons. The standard InChI is InChI=1S/C2H4O6S.Na/c1-7-9(5,6)8-2(3)4;/h1H3,(H,3,4);/q;+1/p-1. The predicted octanol–water partition coefficient (Wildman–Crippen LogP) is -4.76. The van der Waals surface area contributed by atoms with Gasteiger partial charge in [-0.15, -0.1) is 0 Å². The first-order chi connectivity index (χ1) is 3.98. The summed E-state index contributed by atoms with van der Waals surface area (Å²) in [5.41, 5.74) is 0. The van der Waals surface area contributed by atoms with Gasteiger partial charge in [-0.05, 0) is 0 Å². The number of hydrogen-bond donors (Lipinski definition) is 0. The Kier molecular flexibility index (Phi) is 6.30. The molecule has 0 saturated carbocycles. The van der Waals surface area contributed by atoms with Crippen molar-refractivity contribution >= 4 is 16.6 Å². The molecule has 0 fully saturated rings. The predicted molar refractivity (Wildman–Crippen MR) is 22.4 cm³/mol. The van der Waals surface area contributed by atoms with Crippen LogP contribution in [-0.4, -0.2) is 21.7 Å². The van der Waals surface area contributed by atoms with Gasteiger partial charge in [0.15, 0.2) is 0 Å². The molecule has 0 aromatic carbocycles. The molecule has 10 heavy (non-hydrogen) atoms. The summed E-state index contributed by atoms with van der Waals surface area (Å²) in [5, 5.41) is 9.38. The third kappa shape index (κ3) is 6.30. The average Bonchev–Trinajstić information content (AvgIpc) is 1.63. The van der Waals surface area contributed by atoms with Gasteiger partial charge in [0.25, 0.3) is 6.16 Å². The zero-order valence-corrected chi connectivity index (χ0v) is 8.17. The number of carboxylic acid groups (broad SMARTS) is 1. The monoisotopic (exact) mass is 178 g/mol. The molecule has 0 heterocycles. The van der Waals surface area contributed by atoms with Crippen LogP contribution in [0.4, 0.5) is 4.79 Å². The second kappa shape index (κ2) is 4.91. The fourth-order valence-corrected chi connectivity index (χ4v) is 0.352. The fraction of sp³-hybridized carbons (Fsp3) is 0.500. The Hall–Kier alpha value is 0.180. The van der Waals surface area contributed by atoms with Crippen molar-refractivity contribution in [1.29, 1.82) is 0 Å². The molecule has 0 aliphatic carbocycles. The average molecular weight is 178 g/mol. The third-order valence-corrected chi connectivity index (χ3v) is 1.12. The number of carbonyl (C=O) groups excluding carboxylic acids is 1. The van der Waals surface area contributed by atoms with Crippen LogP contribution < -0.4 is 34.7 Å². The summed E-state index contributed by atoms with van der Waals surface area (Å²) in [6.07, 6.45) is -2.17. The molecule has 0 rings (SSSR count). The van der Waals surface area contributed by atoms with Crippen LogP contribution in [0.25, 0.3) is 0 Å². The van der Waals surface area contributed by atoms with Gasteiger partial charge in [0.05, 0.1) is 7.11 Å². The largest absolute Gasteiger partial charge is 1.00 e. The normalized spacial score (nSPS) is 9.70. The van der Waals surface area contributed by atoms with Crippen LogP contribution in [-0.2, 0) is 18.8 Å². The number of carbonyl (C=O) groups is 1. The van der Waals surface area contributed by atoms with Crippen molar-refractivity contribution in [2.75, 3.05) is 7.11 Å². The summed E-state index contributed by atoms with van der Waals surface area (Å²) in [5.74, 6) is 0. The number of hydrogen-bond acceptors (Lipinski definition) is 6. The van der Waals surface area contributed by atoms with Crippen LogP contribution in [0.15, 0.2) is 0 Å². The quantitative estimate of drug-likeness (QED) is 0.394. The topological polar surface area (TPSA) is 92.7 Å². The van der Waals surface area contributed by atoms with Gasteiger partial charge in [0, 0.05) is 0 Å². The second-order valence-corrected chi connectivity index (χ2v) is 2.22. The smallest absolute Gasteiger partial charge is 0.425 e. The van der Waals surface area contributed by atoms with Crippen molar-refractivity contribution in [3.05, 3.63) is 0 Å². The van der Waals surface area contributed by atoms with Crippen LogP contribution >= 0.6 is 0 Å². The molecule has 0 amide bonds. The van der Waals surface area contributed by atoms with Crippen molar-refractivity contribution in [1.82, 2.24) is 0 Å². The van der Waals surface area contributed by atoms with Crippen LogP contribution in [0.5, 0.6) is 0 Å². The summed E-state index contributed by atoms with van der Waals surface area (Å²) in [6.45, 7) is 0. The molecule has 0 unspecified atom stereocenters. The van der Waals surface area contributed by atoms with E-state index in [0.29, 0.717) is 0 Å². The van der Waals surface area contributed by atoms with Crippen molar-refractivity contribution in [2.24, 2.45) is 0 Å². The molecule has 0 N–H and O–H groups in total. The Morgan fingerprint density at radius 3 is 2.00 bits per heavy atom. The molecule has 0 spiro atoms. The van der Waals surface area contributed by atoms with E-state index in [4.69, 9.17) is 0 Å². The van der Waals surface area contributed by atoms with Gasteiger partial charge < -0.3 is 14.1 Å². The Bertz CT molecular complexity index is 194. The maximum absolute atomic E-state index is 9.94. The maximum Gasteiger partial charge on any atom is 1.00 e. The molecular formula is C2H3NaO6S. The van der Waals surface area contributed by atoms with Gasteiger partial charge in [0.1, 0.15) is 0 Å². The second-order valence-electron chi connectivity index (χ2n) is 0.908. The summed E-state index contributed by atoms with van der Waals surface area (Å²) < 4.78 is 26.6. The Labute approximate surface area is 79.7 Å². The van der Waals surface area contributed by atoms with Gasteiger partial charge in [-0.25, -0.2) is 0 Å². The summed E-state index contributed by atoms with van der Waals surface area (Å²) in [4.78, 5) is 9.38. The summed E-state index contributed by atoms with van der Waals surface area (Å²) in [6, 6.07) is 0. The van der Waals surface area contributed by atoms with Crippen molar-refractivity contribution < 1.29 is 56.2 Å². The van der Waals surface area contributed by atoms with Crippen molar-refractivity contribution in [3.63, 3.8) is 0 Å². The first kappa shape index (κ1) is 12.8. The zero-order chi connectivity index (χ0) is 7.49. The van der Waals surface area contributed by atoms with E-state index in [1.54, 1.807) is 0 Å². The molecule has 0 aliphatic heterocycles. The van der Waals surface area contributed by atoms with E-state index >= 15 is 0 Å². The molecule has 0 aromatic rings. The molecule has 0 bridgehead atoms. The van der Waals surface area contributed by atoms with E-state index in [0.717, 1.165) is 7.11 Å². The van der Waals surface area contributed by atoms with Crippen molar-refractivity contribution in [2.45, 2.75) is 0 Å². The number of rotatable bonds is 2. The minimum atomic E-state index is -4.38. The van der Waals surface area contributed by atoms with Gasteiger partial charge in [-0.3, -0.25) is 4.18 Å². The van der Waals surface area contributed by atoms with E-state index in [1.165, 1.54) is 0 Å². The minimum absolute atomic E-state index is 0. The molecular weight excluding hydrogens is 175 g/mol. The Morgan fingerprint density at radius 1 is 1.50 bits per heavy atom. The molecule has 0 saturated heterocycles. The summed E-state index contributed by atoms with van der Waals surface area (Å²) in [7, 11) is -3.62. The molecule has 0 aliphatic rings. The zero-order valence-electron chi connectivity index (χ0n) is 5.36. The van der Waals surface area contributed by atoms with E-state index in [2.05, 4.69) is 8.37 Å². The fourth-order valence-electron chi connectivity index (χ4n) is 0.117. The van der Waals surface area contributed by atoms with Gasteiger partial charge in [0.2, 0.25) is 0 Å². The van der Waals surface area contributed by atoms with Crippen molar-refractivity contribution in [3.8, 4) is 0 Å². The van der Waals surface area contributed by atoms with E-state index < -0.39 is 16.6 Å². The Morgan fingerprint density at radius 2 is 1.90 bits per heavy atom. The molecule has 0 radical (unpaired) electrons. The van der Waals surface area contributed by atoms with Crippen LogP contribution in [0, 0.1) is 0 Å². The minimum Gasteiger partial charge on any atom is -0.425 e. The van der Waals surface area contributed by atoms with Crippen LogP contribution in [0.1, 0.15) is 0 Å². The van der Waals surface area contributed by atoms with Gasteiger partial charge >= 0.3 is 40.0 Å². The van der Waals surface area contributed by atoms with Crippen LogP contribution in [0.2, 0.25) is 0 Å². The Balaban J connectivity index is 0.